The van der Waals surface area contributed by atoms with Crippen LogP contribution >= 0.6 is 0 Å². The van der Waals surface area contributed by atoms with Gasteiger partial charge >= 0.3 is 9.42 Å². The molecule has 0 heterocycles. The van der Waals surface area contributed by atoms with Crippen LogP contribution in [0.2, 0.25) is 0 Å². The Balaban J connectivity index is 0.000000226. The summed E-state index contributed by atoms with van der Waals surface area (Å²) < 4.78 is 73.7. The van der Waals surface area contributed by atoms with Crippen molar-refractivity contribution in [3.8, 4) is 0 Å². The summed E-state index contributed by atoms with van der Waals surface area (Å²) in [6.07, 6.45) is 6.79. The molecule has 0 unspecified atom stereocenters. The zero-order chi connectivity index (χ0) is 30.1. The van der Waals surface area contributed by atoms with Gasteiger partial charge < -0.3 is 11.1 Å². The maximum atomic E-state index is 12.5. The Morgan fingerprint density at radius 1 is 0.610 bits per heavy atom. The van der Waals surface area contributed by atoms with Gasteiger partial charge in [-0.1, -0.05) is 87.1 Å². The Kier molecular flexibility index (Phi) is 11.1. The fourth-order valence-corrected chi connectivity index (χ4v) is 11.0. The third-order valence-electron chi connectivity index (χ3n) is 7.18. The Bertz CT molecular complexity index is 1600. The van der Waals surface area contributed by atoms with Crippen LogP contribution in [0.15, 0.2) is 65.6 Å². The smallest absolute Gasteiger partial charge is 0.360 e. The molecule has 2 aliphatic carbocycles. The zero-order valence-corrected chi connectivity index (χ0v) is 24.8. The summed E-state index contributed by atoms with van der Waals surface area (Å²) in [4.78, 5) is 17.4. The van der Waals surface area contributed by atoms with Gasteiger partial charge in [0.1, 0.15) is 0 Å². The minimum Gasteiger partial charge on any atom is -0.360 e. The Morgan fingerprint density at radius 2 is 1.02 bits per heavy atom. The van der Waals surface area contributed by atoms with Gasteiger partial charge in [0.05, 0.1) is 15.4 Å². The van der Waals surface area contributed by atoms with Crippen LogP contribution < -0.4 is 0 Å². The van der Waals surface area contributed by atoms with E-state index in [1.807, 2.05) is 0 Å². The number of ketones is 1. The van der Waals surface area contributed by atoms with E-state index >= 15 is 0 Å². The van der Waals surface area contributed by atoms with E-state index in [0.717, 1.165) is 38.5 Å². The highest BCUT2D eigenvalue weighted by Crippen LogP contribution is 2.30. The molecule has 2 saturated carbocycles. The zero-order valence-electron chi connectivity index (χ0n) is 22.4. The van der Waals surface area contributed by atoms with E-state index in [0.29, 0.717) is 25.7 Å². The molecule has 0 aliphatic heterocycles. The van der Waals surface area contributed by atoms with Crippen LogP contribution in [0.5, 0.6) is 0 Å². The molecule has 0 N–H and O–H groups in total. The second-order valence-electron chi connectivity index (χ2n) is 9.89. The average molecular weight is 621 g/mol. The molecule has 0 atom stereocenters. The molecule has 0 saturated heterocycles. The monoisotopic (exact) mass is 620 g/mol. The largest absolute Gasteiger partial charge is 0.495 e. The molecule has 41 heavy (non-hydrogen) atoms. The van der Waals surface area contributed by atoms with Crippen molar-refractivity contribution in [1.82, 2.24) is 0 Å². The first-order valence-electron chi connectivity index (χ1n) is 13.3. The van der Waals surface area contributed by atoms with Gasteiger partial charge in [0.2, 0.25) is 0 Å². The van der Waals surface area contributed by atoms with E-state index in [9.17, 15) is 30.0 Å². The highest BCUT2D eigenvalue weighted by Gasteiger charge is 2.50. The second-order valence-corrected chi connectivity index (χ2v) is 16.3. The number of sulfone groups is 3. The highest BCUT2D eigenvalue weighted by atomic mass is 32.3. The first-order chi connectivity index (χ1) is 19.5. The number of Topliss-reactive ketones (excluding diaryl/α,β-unsaturated/α-hetero) is 1. The summed E-state index contributed by atoms with van der Waals surface area (Å²) in [7, 11) is -12.3. The molecule has 2 aromatic rings. The van der Waals surface area contributed by atoms with Gasteiger partial charge in [-0.15, -0.1) is 9.58 Å². The van der Waals surface area contributed by atoms with Crippen molar-refractivity contribution >= 4 is 44.7 Å². The molecule has 0 spiro atoms. The normalized spacial score (nSPS) is 16.8. The van der Waals surface area contributed by atoms with E-state index in [-0.39, 0.29) is 10.5 Å². The van der Waals surface area contributed by atoms with E-state index in [4.69, 9.17) is 11.1 Å². The third-order valence-corrected chi connectivity index (χ3v) is 14.1. The molecule has 2 aromatic carbocycles. The lowest BCUT2D eigenvalue weighted by atomic mass is 10.0. The molecule has 14 heteroatoms. The number of benzene rings is 2. The van der Waals surface area contributed by atoms with Crippen LogP contribution in [0.25, 0.3) is 11.1 Å². The summed E-state index contributed by atoms with van der Waals surface area (Å²) in [5.41, 5.74) is 18.2. The average Bonchev–Trinajstić information content (AvgIpc) is 2.99. The molecular weight excluding hydrogens is 589 g/mol. The summed E-state index contributed by atoms with van der Waals surface area (Å²) in [5, 5.41) is -2.35. The van der Waals surface area contributed by atoms with Crippen LogP contribution in [0.1, 0.15) is 74.6 Å². The highest BCUT2D eigenvalue weighted by molar-refractivity contribution is 8.31. The van der Waals surface area contributed by atoms with Gasteiger partial charge in [-0.25, -0.2) is 25.3 Å². The number of rotatable bonds is 5. The van der Waals surface area contributed by atoms with E-state index < -0.39 is 55.2 Å². The standard InChI is InChI=1S/C14H10N2O3S.C13H22N2O4S2/c15-16-14(13(17)11-7-3-1-4-8-11)20(18,19)12-9-5-2-6-10-12;14-15-13(20(16,17)11-7-3-1-4-8-11)21(18,19)12-9-5-2-6-10-12/h1-10H;11-12H,1-10H2. The Morgan fingerprint density at radius 3 is 1.41 bits per heavy atom. The number of hydrogen-bond donors (Lipinski definition) is 0. The van der Waals surface area contributed by atoms with Crippen molar-refractivity contribution in [2.45, 2.75) is 79.6 Å². The van der Waals surface area contributed by atoms with Crippen molar-refractivity contribution < 1.29 is 39.6 Å². The van der Waals surface area contributed by atoms with Crippen LogP contribution in [0, 0.1) is 0 Å². The molecular formula is C27H32N4O7S3. The molecule has 0 aromatic heterocycles. The maximum Gasteiger partial charge on any atom is 0.495 e. The van der Waals surface area contributed by atoms with Crippen molar-refractivity contribution in [3.05, 3.63) is 77.3 Å². The fourth-order valence-electron chi connectivity index (χ4n) is 4.96. The van der Waals surface area contributed by atoms with Crippen LogP contribution in [0.3, 0.4) is 0 Å². The Labute approximate surface area is 240 Å². The minimum absolute atomic E-state index is 0.0999. The van der Waals surface area contributed by atoms with Crippen LogP contribution in [-0.2, 0) is 29.5 Å². The SMILES string of the molecule is [N-]=[N+]=C(C(=O)c1ccccc1)S(=O)(=O)c1ccccc1.[N-]=[N+]=C(S(=O)(=O)C1CCCCC1)S(=O)(=O)C1CCCCC1. The predicted octanol–water partition coefficient (Wildman–Crippen LogP) is 4.04. The summed E-state index contributed by atoms with van der Waals surface area (Å²) in [6.45, 7) is 0. The molecule has 0 bridgehead atoms. The van der Waals surface area contributed by atoms with Crippen LogP contribution in [-0.4, -0.2) is 60.5 Å². The number of nitrogens with zero attached hydrogens (tertiary/aromatic N) is 4. The quantitative estimate of drug-likeness (QED) is 0.158. The van der Waals surface area contributed by atoms with E-state index in [1.54, 1.807) is 24.3 Å². The number of carbonyl (C=O) groups is 1. The lowest BCUT2D eigenvalue weighted by molar-refractivity contribution is -0.00159. The molecule has 0 radical (unpaired) electrons. The van der Waals surface area contributed by atoms with Gasteiger partial charge in [0, 0.05) is 5.56 Å². The maximum absolute atomic E-state index is 12.5. The summed E-state index contributed by atoms with van der Waals surface area (Å²) in [5.74, 6) is -0.850. The Hall–Kier alpha value is -3.28. The first kappa shape index (κ1) is 32.2. The molecule has 11 nitrogen and oxygen atoms in total. The molecule has 4 rings (SSSR count). The fraction of sp³-hybridized carbons (Fsp3) is 0.444. The van der Waals surface area contributed by atoms with Gasteiger partial charge in [-0.05, 0) is 37.8 Å². The number of hydrogen-bond acceptors (Lipinski definition) is 7. The lowest BCUT2D eigenvalue weighted by Crippen LogP contribution is -2.40. The second kappa shape index (κ2) is 14.1. The molecule has 0 amide bonds. The summed E-state index contributed by atoms with van der Waals surface area (Å²) in [6, 6.07) is 15.1. The van der Waals surface area contributed by atoms with Crippen LogP contribution in [0.4, 0.5) is 0 Å². The molecule has 2 fully saturated rings. The van der Waals surface area contributed by atoms with Crippen molar-refractivity contribution in [3.63, 3.8) is 0 Å². The van der Waals surface area contributed by atoms with Gasteiger partial charge in [0.15, 0.2) is 0 Å². The first-order valence-corrected chi connectivity index (χ1v) is 17.9. The van der Waals surface area contributed by atoms with Gasteiger partial charge in [-0.3, -0.25) is 4.79 Å². The van der Waals surface area contributed by atoms with Crippen molar-refractivity contribution in [2.75, 3.05) is 0 Å². The molecule has 2 aliphatic rings. The minimum atomic E-state index is -4.15. The number of carbonyl (C=O) groups excluding carboxylic acids is 1. The van der Waals surface area contributed by atoms with Crippen molar-refractivity contribution in [1.29, 1.82) is 0 Å². The summed E-state index contributed by atoms with van der Waals surface area (Å²) >= 11 is 0. The van der Waals surface area contributed by atoms with Crippen molar-refractivity contribution in [2.24, 2.45) is 0 Å². The molecule has 220 valence electrons. The van der Waals surface area contributed by atoms with Gasteiger partial charge in [0.25, 0.3) is 35.3 Å². The lowest BCUT2D eigenvalue weighted by Gasteiger charge is -2.22. The topological polar surface area (TPSA) is 192 Å². The third kappa shape index (κ3) is 7.52. The van der Waals surface area contributed by atoms with Gasteiger partial charge in [-0.2, -0.15) is 0 Å². The van der Waals surface area contributed by atoms with E-state index in [2.05, 4.69) is 9.58 Å². The predicted molar refractivity (Wildman–Crippen MR) is 153 cm³/mol. The van der Waals surface area contributed by atoms with E-state index in [1.165, 1.54) is 36.4 Å².